The van der Waals surface area contributed by atoms with E-state index in [-0.39, 0.29) is 0 Å². The van der Waals surface area contributed by atoms with Crippen molar-refractivity contribution in [3.8, 4) is 0 Å². The summed E-state index contributed by atoms with van der Waals surface area (Å²) >= 11 is 0. The first kappa shape index (κ1) is 31.5. The van der Waals surface area contributed by atoms with Gasteiger partial charge in [0.1, 0.15) is 12.2 Å². The molecule has 0 aromatic heterocycles. The molecule has 0 spiro atoms. The maximum atomic E-state index is 13.5. The maximum Gasteiger partial charge on any atom is 0.468 e. The number of hydrogen-bond donors (Lipinski definition) is 0. The molecule has 1 unspecified atom stereocenters. The van der Waals surface area contributed by atoms with Gasteiger partial charge in [-0.2, -0.15) is 43.9 Å². The first-order chi connectivity index (χ1) is 14.8. The lowest BCUT2D eigenvalue weighted by molar-refractivity contribution is -0.357. The lowest BCUT2D eigenvalue weighted by atomic mass is 10.2. The summed E-state index contributed by atoms with van der Waals surface area (Å²) in [5.74, 6) is -18.6. The van der Waals surface area contributed by atoms with Crippen molar-refractivity contribution in [1.82, 2.24) is 0 Å². The lowest BCUT2D eigenvalue weighted by Gasteiger charge is -2.33. The molecule has 0 N–H and O–H groups in total. The van der Waals surface area contributed by atoms with Gasteiger partial charge in [0.2, 0.25) is 0 Å². The van der Waals surface area contributed by atoms with Crippen LogP contribution in [0.2, 0.25) is 0 Å². The van der Waals surface area contributed by atoms with Gasteiger partial charge in [-0.3, -0.25) is 4.79 Å². The molecule has 0 aliphatic rings. The Bertz CT molecular complexity index is 923. The largest absolute Gasteiger partial charge is 0.743 e. The molecule has 0 aromatic carbocycles. The van der Waals surface area contributed by atoms with Gasteiger partial charge in [-0.15, -0.1) is 0 Å². The monoisotopic (exact) mass is 545 g/mol. The molecule has 0 aliphatic carbocycles. The third-order valence-electron chi connectivity index (χ3n) is 3.33. The number of ether oxygens (including phenoxy) is 3. The van der Waals surface area contributed by atoms with Gasteiger partial charge in [0.25, 0.3) is 0 Å². The summed E-state index contributed by atoms with van der Waals surface area (Å²) in [6.07, 6.45) is -15.0. The van der Waals surface area contributed by atoms with E-state index >= 15 is 0 Å². The Labute approximate surface area is 182 Å². The summed E-state index contributed by atoms with van der Waals surface area (Å²) < 4.78 is 173. The first-order valence-corrected chi connectivity index (χ1v) is 9.32. The van der Waals surface area contributed by atoms with E-state index in [1.165, 1.54) is 0 Å². The summed E-state index contributed by atoms with van der Waals surface area (Å²) in [6.45, 7) is -1.36. The number of carbonyl (C=O) groups excluding carboxylic acids is 3. The molecule has 34 heavy (non-hydrogen) atoms. The molecule has 0 fully saturated rings. The Balaban J connectivity index is 6.28. The second-order valence-electron chi connectivity index (χ2n) is 6.03. The van der Waals surface area contributed by atoms with Crippen LogP contribution in [0.4, 0.5) is 43.9 Å². The highest BCUT2D eigenvalue weighted by atomic mass is 32.2. The number of ketones is 1. The van der Waals surface area contributed by atoms with E-state index in [0.29, 0.717) is 6.92 Å². The normalized spacial score (nSPS) is 15.3. The Hall–Kier alpha value is -2.48. The third kappa shape index (κ3) is 7.01. The van der Waals surface area contributed by atoms with E-state index in [4.69, 9.17) is 0 Å². The van der Waals surface area contributed by atoms with Crippen molar-refractivity contribution in [3.63, 3.8) is 0 Å². The Morgan fingerprint density at radius 1 is 0.941 bits per heavy atom. The van der Waals surface area contributed by atoms with Gasteiger partial charge in [-0.1, -0.05) is 6.58 Å². The summed E-state index contributed by atoms with van der Waals surface area (Å²) in [5, 5.41) is -6.42. The average molecular weight is 545 g/mol. The van der Waals surface area contributed by atoms with Crippen LogP contribution in [-0.2, 0) is 38.7 Å². The molecule has 0 amide bonds. The molecular formula is C14H11F10O9S-. The van der Waals surface area contributed by atoms with Gasteiger partial charge in [0.05, 0.1) is 6.61 Å². The van der Waals surface area contributed by atoms with Gasteiger partial charge in [-0.25, -0.2) is 18.0 Å². The Kier molecular flexibility index (Phi) is 9.29. The van der Waals surface area contributed by atoms with Gasteiger partial charge < -0.3 is 18.8 Å². The molecule has 1 atom stereocenters. The fraction of sp³-hybridized carbons (Fsp3) is 0.643. The van der Waals surface area contributed by atoms with Crippen molar-refractivity contribution >= 4 is 27.8 Å². The van der Waals surface area contributed by atoms with Gasteiger partial charge in [0.15, 0.2) is 15.9 Å². The lowest BCUT2D eigenvalue weighted by Crippen LogP contribution is -2.59. The van der Waals surface area contributed by atoms with E-state index in [1.807, 2.05) is 0 Å². The summed E-state index contributed by atoms with van der Waals surface area (Å²) in [6, 6.07) is 0. The van der Waals surface area contributed by atoms with Crippen LogP contribution in [0.5, 0.6) is 0 Å². The molecule has 9 nitrogen and oxygen atoms in total. The van der Waals surface area contributed by atoms with Crippen LogP contribution in [-0.4, -0.2) is 73.2 Å². The van der Waals surface area contributed by atoms with E-state index < -0.39 is 82.4 Å². The summed E-state index contributed by atoms with van der Waals surface area (Å²) in [4.78, 5) is 34.1. The van der Waals surface area contributed by atoms with Crippen LogP contribution in [0.3, 0.4) is 0 Å². The van der Waals surface area contributed by atoms with Crippen LogP contribution in [0.1, 0.15) is 13.3 Å². The molecule has 0 saturated heterocycles. The quantitative estimate of drug-likeness (QED) is 0.126. The number of hydrogen-bond acceptors (Lipinski definition) is 9. The number of carbonyl (C=O) groups is 3. The zero-order chi connectivity index (χ0) is 27.6. The number of alkyl halides is 10. The summed E-state index contributed by atoms with van der Waals surface area (Å²) in [7, 11) is -7.10. The van der Waals surface area contributed by atoms with E-state index in [1.54, 1.807) is 0 Å². The minimum absolute atomic E-state index is 0.618. The van der Waals surface area contributed by atoms with Crippen LogP contribution in [0.25, 0.3) is 0 Å². The minimum Gasteiger partial charge on any atom is -0.743 e. The van der Waals surface area contributed by atoms with Gasteiger partial charge in [-0.05, 0) is 6.92 Å². The predicted octanol–water partition coefficient (Wildman–Crippen LogP) is 2.22. The van der Waals surface area contributed by atoms with Gasteiger partial charge in [0, 0.05) is 6.42 Å². The number of halogens is 10. The van der Waals surface area contributed by atoms with Crippen LogP contribution in [0.15, 0.2) is 12.2 Å². The predicted molar refractivity (Wildman–Crippen MR) is 81.9 cm³/mol. The highest BCUT2D eigenvalue weighted by molar-refractivity contribution is 7.86. The zero-order valence-electron chi connectivity index (χ0n) is 16.2. The highest BCUT2D eigenvalue weighted by Crippen LogP contribution is 2.42. The van der Waals surface area contributed by atoms with Crippen molar-refractivity contribution in [3.05, 3.63) is 12.2 Å². The molecule has 0 bridgehead atoms. The van der Waals surface area contributed by atoms with Crippen LogP contribution >= 0.6 is 0 Å². The van der Waals surface area contributed by atoms with Crippen molar-refractivity contribution in [2.45, 2.75) is 42.7 Å². The van der Waals surface area contributed by atoms with E-state index in [2.05, 4.69) is 20.8 Å². The molecular weight excluding hydrogens is 534 g/mol. The smallest absolute Gasteiger partial charge is 0.468 e. The summed E-state index contributed by atoms with van der Waals surface area (Å²) in [5.41, 5.74) is -2.68. The molecule has 0 radical (unpaired) electrons. The SMILES string of the molecule is C=C(C(=O)OC(OCCC(F)(F)C(F)(F)S(=O)(=O)[O-])(C(=O)OCC(C)=O)C(F)(F)F)C(F)(F)F. The molecule has 0 aromatic rings. The number of rotatable bonds is 11. The second kappa shape index (κ2) is 10.0. The first-order valence-electron chi connectivity index (χ1n) is 7.91. The average Bonchev–Trinajstić information content (AvgIpc) is 2.61. The van der Waals surface area contributed by atoms with Crippen molar-refractivity contribution in [2.75, 3.05) is 13.2 Å². The minimum atomic E-state index is -7.10. The molecule has 0 saturated carbocycles. The standard InChI is InChI=1S/C14H12F10O9S/c1-6(25)5-31-9(27)11(13(20,21)22,33-8(26)7(2)12(17,18)19)32-4-3-10(15,16)14(23,24)34(28,29)30/h2-5H2,1H3,(H,28,29,30)/p-1. The number of Topliss-reactive ketones (excluding diaryl/α,β-unsaturated/α-hetero) is 1. The van der Waals surface area contributed by atoms with Crippen molar-refractivity contribution < 1.29 is 85.5 Å². The highest BCUT2D eigenvalue weighted by Gasteiger charge is 2.69. The van der Waals surface area contributed by atoms with Gasteiger partial charge >= 0.3 is 41.3 Å². The zero-order valence-corrected chi connectivity index (χ0v) is 17.0. The molecule has 0 aliphatic heterocycles. The van der Waals surface area contributed by atoms with Crippen LogP contribution in [0, 0.1) is 0 Å². The van der Waals surface area contributed by atoms with E-state index in [0.717, 1.165) is 0 Å². The molecule has 0 rings (SSSR count). The Morgan fingerprint density at radius 3 is 1.76 bits per heavy atom. The second-order valence-corrected chi connectivity index (χ2v) is 7.45. The topological polar surface area (TPSA) is 136 Å². The molecule has 20 heteroatoms. The maximum absolute atomic E-state index is 13.5. The Morgan fingerprint density at radius 2 is 1.41 bits per heavy atom. The fourth-order valence-corrected chi connectivity index (χ4v) is 2.07. The number of esters is 2. The molecule has 198 valence electrons. The van der Waals surface area contributed by atoms with Crippen LogP contribution < -0.4 is 0 Å². The molecule has 0 heterocycles. The third-order valence-corrected chi connectivity index (χ3v) is 4.26. The fourth-order valence-electron chi connectivity index (χ4n) is 1.61. The van der Waals surface area contributed by atoms with Crippen molar-refractivity contribution in [2.24, 2.45) is 0 Å². The van der Waals surface area contributed by atoms with Crippen molar-refractivity contribution in [1.29, 1.82) is 0 Å². The van der Waals surface area contributed by atoms with E-state index in [9.17, 15) is 71.3 Å².